The Morgan fingerprint density at radius 1 is 1.19 bits per heavy atom. The van der Waals surface area contributed by atoms with Crippen LogP contribution in [0, 0.1) is 0 Å². The molecule has 1 heterocycles. The molecule has 1 N–H and O–H groups in total. The highest BCUT2D eigenvalue weighted by Gasteiger charge is 1.97. The molecule has 92 valence electrons. The van der Waals surface area contributed by atoms with Crippen LogP contribution in [0.3, 0.4) is 0 Å². The molecule has 0 saturated heterocycles. The van der Waals surface area contributed by atoms with Crippen LogP contribution < -0.4 is 5.32 Å². The van der Waals surface area contributed by atoms with E-state index in [0.717, 1.165) is 26.1 Å². The summed E-state index contributed by atoms with van der Waals surface area (Å²) in [5.41, 5.74) is 1.30. The second-order valence-electron chi connectivity index (χ2n) is 4.35. The lowest BCUT2D eigenvalue weighted by Crippen LogP contribution is -2.14. The maximum atomic E-state index is 4.31. The average Bonchev–Trinajstić information content (AvgIpc) is 2.72. The maximum Gasteiger partial charge on any atom is 0.0534 e. The van der Waals surface area contributed by atoms with E-state index < -0.39 is 0 Å². The second-order valence-corrected chi connectivity index (χ2v) is 4.35. The van der Waals surface area contributed by atoms with E-state index in [1.165, 1.54) is 31.2 Å². The molecule has 3 heteroatoms. The molecule has 1 aromatic heterocycles. The molecule has 0 aliphatic carbocycles. The topological polar surface area (TPSA) is 29.9 Å². The highest BCUT2D eigenvalue weighted by Crippen LogP contribution is 2.00. The highest BCUT2D eigenvalue weighted by molar-refractivity contribution is 5.03. The molecular formula is C13H25N3. The van der Waals surface area contributed by atoms with E-state index in [9.17, 15) is 0 Å². The van der Waals surface area contributed by atoms with Crippen LogP contribution in [0.5, 0.6) is 0 Å². The van der Waals surface area contributed by atoms with Gasteiger partial charge in [0.1, 0.15) is 0 Å². The predicted molar refractivity (Wildman–Crippen MR) is 68.4 cm³/mol. The lowest BCUT2D eigenvalue weighted by molar-refractivity contribution is 0.592. The van der Waals surface area contributed by atoms with Gasteiger partial charge in [0.25, 0.3) is 0 Å². The number of nitrogens with one attached hydrogen (secondary N) is 1. The lowest BCUT2D eigenvalue weighted by atomic mass is 10.2. The number of hydrogen-bond donors (Lipinski definition) is 1. The van der Waals surface area contributed by atoms with Gasteiger partial charge in [-0.1, -0.05) is 33.1 Å². The number of unbranched alkanes of at least 4 members (excludes halogenated alkanes) is 3. The molecule has 0 fully saturated rings. The SMILES string of the molecule is CCCCCCNCc1cnn(CCC)c1. The van der Waals surface area contributed by atoms with Crippen molar-refractivity contribution in [3.8, 4) is 0 Å². The summed E-state index contributed by atoms with van der Waals surface area (Å²) in [5.74, 6) is 0. The molecule has 0 unspecified atom stereocenters. The summed E-state index contributed by atoms with van der Waals surface area (Å²) in [6.07, 6.45) is 10.6. The zero-order valence-corrected chi connectivity index (χ0v) is 10.7. The van der Waals surface area contributed by atoms with Gasteiger partial charge in [0, 0.05) is 24.8 Å². The summed E-state index contributed by atoms with van der Waals surface area (Å²) < 4.78 is 2.02. The van der Waals surface area contributed by atoms with Gasteiger partial charge in [-0.2, -0.15) is 5.10 Å². The van der Waals surface area contributed by atoms with E-state index in [4.69, 9.17) is 0 Å². The number of aromatic nitrogens is 2. The van der Waals surface area contributed by atoms with Gasteiger partial charge in [-0.05, 0) is 19.4 Å². The number of hydrogen-bond acceptors (Lipinski definition) is 2. The number of aryl methyl sites for hydroxylation is 1. The van der Waals surface area contributed by atoms with E-state index in [1.54, 1.807) is 0 Å². The van der Waals surface area contributed by atoms with Gasteiger partial charge in [0.05, 0.1) is 6.20 Å². The first-order chi connectivity index (χ1) is 7.86. The van der Waals surface area contributed by atoms with Gasteiger partial charge < -0.3 is 5.32 Å². The van der Waals surface area contributed by atoms with Gasteiger partial charge in [-0.25, -0.2) is 0 Å². The highest BCUT2D eigenvalue weighted by atomic mass is 15.3. The minimum absolute atomic E-state index is 0.954. The Bertz CT molecular complexity index is 268. The summed E-state index contributed by atoms with van der Waals surface area (Å²) in [6.45, 7) is 7.52. The third kappa shape index (κ3) is 5.31. The molecular weight excluding hydrogens is 198 g/mol. The minimum Gasteiger partial charge on any atom is -0.313 e. The third-order valence-electron chi connectivity index (χ3n) is 2.68. The van der Waals surface area contributed by atoms with Gasteiger partial charge in [-0.3, -0.25) is 4.68 Å². The first-order valence-corrected chi connectivity index (χ1v) is 6.58. The van der Waals surface area contributed by atoms with Crippen LogP contribution in [0.1, 0.15) is 51.5 Å². The lowest BCUT2D eigenvalue weighted by Gasteiger charge is -2.02. The summed E-state index contributed by atoms with van der Waals surface area (Å²) in [7, 11) is 0. The van der Waals surface area contributed by atoms with Crippen LogP contribution in [0.4, 0.5) is 0 Å². The molecule has 0 radical (unpaired) electrons. The quantitative estimate of drug-likeness (QED) is 0.652. The zero-order chi connectivity index (χ0) is 11.6. The molecule has 0 aromatic carbocycles. The molecule has 0 aliphatic rings. The van der Waals surface area contributed by atoms with Crippen molar-refractivity contribution in [1.82, 2.24) is 15.1 Å². The Hall–Kier alpha value is -0.830. The van der Waals surface area contributed by atoms with Crippen molar-refractivity contribution in [3.63, 3.8) is 0 Å². The third-order valence-corrected chi connectivity index (χ3v) is 2.68. The molecule has 0 spiro atoms. The van der Waals surface area contributed by atoms with E-state index in [2.05, 4.69) is 30.5 Å². The number of nitrogens with zero attached hydrogens (tertiary/aromatic N) is 2. The Morgan fingerprint density at radius 2 is 2.06 bits per heavy atom. The van der Waals surface area contributed by atoms with Crippen LogP contribution in [0.15, 0.2) is 12.4 Å². The van der Waals surface area contributed by atoms with Crippen molar-refractivity contribution in [2.45, 2.75) is 59.0 Å². The fraction of sp³-hybridized carbons (Fsp3) is 0.769. The summed E-state index contributed by atoms with van der Waals surface area (Å²) >= 11 is 0. The second kappa shape index (κ2) is 8.34. The molecule has 0 aliphatic heterocycles. The Kier molecular flexibility index (Phi) is 6.90. The first-order valence-electron chi connectivity index (χ1n) is 6.58. The van der Waals surface area contributed by atoms with Crippen LogP contribution >= 0.6 is 0 Å². The molecule has 0 amide bonds. The van der Waals surface area contributed by atoms with Crippen molar-refractivity contribution in [1.29, 1.82) is 0 Å². The van der Waals surface area contributed by atoms with E-state index >= 15 is 0 Å². The van der Waals surface area contributed by atoms with E-state index in [1.807, 2.05) is 10.9 Å². The van der Waals surface area contributed by atoms with Crippen LogP contribution in [0.2, 0.25) is 0 Å². The molecule has 3 nitrogen and oxygen atoms in total. The van der Waals surface area contributed by atoms with Gasteiger partial charge in [-0.15, -0.1) is 0 Å². The Labute approximate surface area is 99.2 Å². The van der Waals surface area contributed by atoms with Gasteiger partial charge >= 0.3 is 0 Å². The largest absolute Gasteiger partial charge is 0.313 e. The van der Waals surface area contributed by atoms with Crippen molar-refractivity contribution >= 4 is 0 Å². The zero-order valence-electron chi connectivity index (χ0n) is 10.7. The minimum atomic E-state index is 0.954. The van der Waals surface area contributed by atoms with Gasteiger partial charge in [0.2, 0.25) is 0 Å². The monoisotopic (exact) mass is 223 g/mol. The van der Waals surface area contributed by atoms with Crippen LogP contribution in [-0.4, -0.2) is 16.3 Å². The molecule has 0 saturated carbocycles. The molecule has 1 aromatic rings. The standard InChI is InChI=1S/C13H25N3/c1-3-5-6-7-8-14-10-13-11-15-16(12-13)9-4-2/h11-12,14H,3-10H2,1-2H3. The van der Waals surface area contributed by atoms with Crippen molar-refractivity contribution in [2.24, 2.45) is 0 Å². The van der Waals surface area contributed by atoms with Crippen LogP contribution in [-0.2, 0) is 13.1 Å². The molecule has 1 rings (SSSR count). The Balaban J connectivity index is 2.07. The van der Waals surface area contributed by atoms with E-state index in [-0.39, 0.29) is 0 Å². The van der Waals surface area contributed by atoms with Crippen LogP contribution in [0.25, 0.3) is 0 Å². The molecule has 0 atom stereocenters. The van der Waals surface area contributed by atoms with Crippen molar-refractivity contribution in [3.05, 3.63) is 18.0 Å². The molecule has 16 heavy (non-hydrogen) atoms. The first kappa shape index (κ1) is 13.2. The van der Waals surface area contributed by atoms with Gasteiger partial charge in [0.15, 0.2) is 0 Å². The maximum absolute atomic E-state index is 4.31. The predicted octanol–water partition coefficient (Wildman–Crippen LogP) is 2.96. The summed E-state index contributed by atoms with van der Waals surface area (Å²) in [6, 6.07) is 0. The summed E-state index contributed by atoms with van der Waals surface area (Å²) in [5, 5.41) is 7.77. The van der Waals surface area contributed by atoms with Crippen molar-refractivity contribution < 1.29 is 0 Å². The normalized spacial score (nSPS) is 10.9. The number of rotatable bonds is 9. The fourth-order valence-corrected chi connectivity index (χ4v) is 1.76. The smallest absolute Gasteiger partial charge is 0.0534 e. The fourth-order valence-electron chi connectivity index (χ4n) is 1.76. The summed E-state index contributed by atoms with van der Waals surface area (Å²) in [4.78, 5) is 0. The molecule has 0 bridgehead atoms. The van der Waals surface area contributed by atoms with Crippen molar-refractivity contribution in [2.75, 3.05) is 6.54 Å². The average molecular weight is 223 g/mol. The Morgan fingerprint density at radius 3 is 2.81 bits per heavy atom. The van der Waals surface area contributed by atoms with E-state index in [0.29, 0.717) is 0 Å².